The molecule has 0 amide bonds. The van der Waals surface area contributed by atoms with Crippen LogP contribution in [0.25, 0.3) is 0 Å². The van der Waals surface area contributed by atoms with Crippen molar-refractivity contribution in [3.05, 3.63) is 83.0 Å². The van der Waals surface area contributed by atoms with Crippen LogP contribution in [0.4, 0.5) is 11.5 Å². The zero-order valence-corrected chi connectivity index (χ0v) is 16.5. The van der Waals surface area contributed by atoms with Gasteiger partial charge in [0, 0.05) is 6.54 Å². The highest BCUT2D eigenvalue weighted by molar-refractivity contribution is 7.92. The van der Waals surface area contributed by atoms with Gasteiger partial charge in [0.25, 0.3) is 10.0 Å². The molecule has 0 saturated heterocycles. The van der Waals surface area contributed by atoms with Gasteiger partial charge >= 0.3 is 0 Å². The Morgan fingerprint density at radius 1 is 0.926 bits per heavy atom. The molecule has 140 valence electrons. The first-order chi connectivity index (χ1) is 12.8. The standard InChI is InChI=1S/C21H23N3O2S/c1-15-5-4-6-18(11-15)13-22-21-10-9-19(14-23-21)24-27(25,26)20-12-16(2)7-8-17(20)3/h4-12,14,24H,13H2,1-3H3,(H,22,23). The van der Waals surface area contributed by atoms with Crippen molar-refractivity contribution in [2.75, 3.05) is 10.0 Å². The van der Waals surface area contributed by atoms with Crippen molar-refractivity contribution in [3.8, 4) is 0 Å². The Morgan fingerprint density at radius 3 is 2.41 bits per heavy atom. The molecule has 2 N–H and O–H groups in total. The average Bonchev–Trinajstić information content (AvgIpc) is 2.63. The predicted octanol–water partition coefficient (Wildman–Crippen LogP) is 4.42. The molecule has 6 heteroatoms. The molecule has 3 aromatic rings. The normalized spacial score (nSPS) is 11.2. The van der Waals surface area contributed by atoms with E-state index in [0.717, 1.165) is 11.1 Å². The lowest BCUT2D eigenvalue weighted by Crippen LogP contribution is -2.14. The van der Waals surface area contributed by atoms with Gasteiger partial charge in [0.2, 0.25) is 0 Å². The molecule has 0 aliphatic rings. The molecule has 0 radical (unpaired) electrons. The molecule has 0 bridgehead atoms. The molecule has 1 aromatic heterocycles. The number of hydrogen-bond acceptors (Lipinski definition) is 4. The van der Waals surface area contributed by atoms with Gasteiger partial charge in [-0.3, -0.25) is 4.72 Å². The summed E-state index contributed by atoms with van der Waals surface area (Å²) in [6.45, 7) is 6.36. The number of pyridine rings is 1. The Hall–Kier alpha value is -2.86. The van der Waals surface area contributed by atoms with Crippen molar-refractivity contribution < 1.29 is 8.42 Å². The first-order valence-electron chi connectivity index (χ1n) is 8.69. The van der Waals surface area contributed by atoms with Gasteiger partial charge in [-0.05, 0) is 55.7 Å². The fraction of sp³-hybridized carbons (Fsp3) is 0.190. The zero-order valence-electron chi connectivity index (χ0n) is 15.7. The van der Waals surface area contributed by atoms with Crippen LogP contribution < -0.4 is 10.0 Å². The van der Waals surface area contributed by atoms with Gasteiger partial charge in [0.15, 0.2) is 0 Å². The van der Waals surface area contributed by atoms with Gasteiger partial charge in [-0.2, -0.15) is 0 Å². The van der Waals surface area contributed by atoms with Crippen LogP contribution in [0.2, 0.25) is 0 Å². The van der Waals surface area contributed by atoms with Crippen molar-refractivity contribution in [1.29, 1.82) is 0 Å². The number of benzene rings is 2. The number of aryl methyl sites for hydroxylation is 3. The summed E-state index contributed by atoms with van der Waals surface area (Å²) in [4.78, 5) is 4.58. The summed E-state index contributed by atoms with van der Waals surface area (Å²) < 4.78 is 27.9. The molecule has 2 aromatic carbocycles. The van der Waals surface area contributed by atoms with E-state index in [4.69, 9.17) is 0 Å². The zero-order chi connectivity index (χ0) is 19.4. The second kappa shape index (κ2) is 7.80. The van der Waals surface area contributed by atoms with Gasteiger partial charge in [-0.25, -0.2) is 13.4 Å². The summed E-state index contributed by atoms with van der Waals surface area (Å²) >= 11 is 0. The minimum Gasteiger partial charge on any atom is -0.366 e. The van der Waals surface area contributed by atoms with Crippen molar-refractivity contribution in [1.82, 2.24) is 4.98 Å². The Kier molecular flexibility index (Phi) is 5.46. The molecule has 0 unspecified atom stereocenters. The van der Waals surface area contributed by atoms with Crippen molar-refractivity contribution in [2.24, 2.45) is 0 Å². The molecule has 27 heavy (non-hydrogen) atoms. The van der Waals surface area contributed by atoms with E-state index in [2.05, 4.69) is 34.1 Å². The quantitative estimate of drug-likeness (QED) is 0.663. The first-order valence-corrected chi connectivity index (χ1v) is 10.2. The Balaban J connectivity index is 1.69. The lowest BCUT2D eigenvalue weighted by molar-refractivity contribution is 0.600. The Bertz CT molecular complexity index is 1050. The monoisotopic (exact) mass is 381 g/mol. The van der Waals surface area contributed by atoms with Crippen LogP contribution in [0, 0.1) is 20.8 Å². The molecule has 0 aliphatic heterocycles. The number of nitrogens with one attached hydrogen (secondary N) is 2. The third kappa shape index (κ3) is 4.86. The van der Waals surface area contributed by atoms with E-state index >= 15 is 0 Å². The largest absolute Gasteiger partial charge is 0.366 e. The fourth-order valence-corrected chi connectivity index (χ4v) is 4.15. The van der Waals surface area contributed by atoms with Gasteiger partial charge in [0.1, 0.15) is 5.82 Å². The van der Waals surface area contributed by atoms with Gasteiger partial charge < -0.3 is 5.32 Å². The highest BCUT2D eigenvalue weighted by Crippen LogP contribution is 2.21. The topological polar surface area (TPSA) is 71.1 Å². The van der Waals surface area contributed by atoms with Crippen molar-refractivity contribution in [2.45, 2.75) is 32.2 Å². The summed E-state index contributed by atoms with van der Waals surface area (Å²) in [5.41, 5.74) is 4.40. The van der Waals surface area contributed by atoms with Crippen LogP contribution >= 0.6 is 0 Å². The maximum Gasteiger partial charge on any atom is 0.262 e. The number of hydrogen-bond donors (Lipinski definition) is 2. The second-order valence-corrected chi connectivity index (χ2v) is 8.30. The minimum absolute atomic E-state index is 0.282. The molecule has 1 heterocycles. The van der Waals surface area contributed by atoms with E-state index in [1.165, 1.54) is 11.8 Å². The second-order valence-electron chi connectivity index (χ2n) is 6.65. The molecule has 5 nitrogen and oxygen atoms in total. The molecule has 0 aliphatic carbocycles. The summed E-state index contributed by atoms with van der Waals surface area (Å²) in [6.07, 6.45) is 1.52. The molecule has 3 rings (SSSR count). The Morgan fingerprint density at radius 2 is 1.70 bits per heavy atom. The lowest BCUT2D eigenvalue weighted by atomic mass is 10.1. The van der Waals surface area contributed by atoms with Crippen LogP contribution in [0.5, 0.6) is 0 Å². The summed E-state index contributed by atoms with van der Waals surface area (Å²) in [5.74, 6) is 0.686. The maximum absolute atomic E-state index is 12.6. The summed E-state index contributed by atoms with van der Waals surface area (Å²) in [5, 5.41) is 3.24. The van der Waals surface area contributed by atoms with Crippen molar-refractivity contribution >= 4 is 21.5 Å². The SMILES string of the molecule is Cc1cccc(CNc2ccc(NS(=O)(=O)c3cc(C)ccc3C)cn2)c1. The van der Waals surface area contributed by atoms with Gasteiger partial charge in [-0.1, -0.05) is 42.0 Å². The van der Waals surface area contributed by atoms with E-state index in [1.54, 1.807) is 31.2 Å². The van der Waals surface area contributed by atoms with E-state index in [1.807, 2.05) is 25.1 Å². The van der Waals surface area contributed by atoms with Gasteiger partial charge in [-0.15, -0.1) is 0 Å². The number of aromatic nitrogens is 1. The molecular formula is C21H23N3O2S. The number of nitrogens with zero attached hydrogens (tertiary/aromatic N) is 1. The van der Waals surface area contributed by atoms with Crippen LogP contribution in [0.15, 0.2) is 65.7 Å². The Labute approximate surface area is 160 Å². The number of rotatable bonds is 6. The van der Waals surface area contributed by atoms with Gasteiger partial charge in [0.05, 0.1) is 16.8 Å². The summed E-state index contributed by atoms with van der Waals surface area (Å²) in [6, 6.07) is 17.1. The summed E-state index contributed by atoms with van der Waals surface area (Å²) in [7, 11) is -3.65. The van der Waals surface area contributed by atoms with E-state index < -0.39 is 10.0 Å². The average molecular weight is 382 g/mol. The minimum atomic E-state index is -3.65. The van der Waals surface area contributed by atoms with Crippen LogP contribution in [-0.2, 0) is 16.6 Å². The molecule has 0 saturated carbocycles. The highest BCUT2D eigenvalue weighted by Gasteiger charge is 2.17. The third-order valence-corrected chi connectivity index (χ3v) is 5.73. The highest BCUT2D eigenvalue weighted by atomic mass is 32.2. The van der Waals surface area contributed by atoms with E-state index in [-0.39, 0.29) is 4.90 Å². The molecular weight excluding hydrogens is 358 g/mol. The number of anilines is 2. The smallest absolute Gasteiger partial charge is 0.262 e. The molecule has 0 fully saturated rings. The lowest BCUT2D eigenvalue weighted by Gasteiger charge is -2.12. The van der Waals surface area contributed by atoms with Crippen LogP contribution in [0.3, 0.4) is 0 Å². The van der Waals surface area contributed by atoms with Crippen LogP contribution in [-0.4, -0.2) is 13.4 Å². The first kappa shape index (κ1) is 18.9. The van der Waals surface area contributed by atoms with Crippen LogP contribution in [0.1, 0.15) is 22.3 Å². The molecule has 0 atom stereocenters. The van der Waals surface area contributed by atoms with Crippen molar-refractivity contribution in [3.63, 3.8) is 0 Å². The van der Waals surface area contributed by atoms with E-state index in [9.17, 15) is 8.42 Å². The fourth-order valence-electron chi connectivity index (χ4n) is 2.78. The molecule has 0 spiro atoms. The third-order valence-electron chi connectivity index (χ3n) is 4.20. The number of sulfonamides is 1. The maximum atomic E-state index is 12.6. The predicted molar refractivity (Wildman–Crippen MR) is 109 cm³/mol. The van der Waals surface area contributed by atoms with E-state index in [0.29, 0.717) is 23.6 Å².